The van der Waals surface area contributed by atoms with Crippen LogP contribution in [0.3, 0.4) is 0 Å². The van der Waals surface area contributed by atoms with Crippen molar-refractivity contribution in [1.82, 2.24) is 4.90 Å². The summed E-state index contributed by atoms with van der Waals surface area (Å²) in [5.74, 6) is -0.660. The highest BCUT2D eigenvalue weighted by atomic mass is 16.4. The van der Waals surface area contributed by atoms with Crippen molar-refractivity contribution in [2.24, 2.45) is 11.3 Å². The summed E-state index contributed by atoms with van der Waals surface area (Å²) in [5.41, 5.74) is -0.731. The number of likely N-dealkylation sites (tertiary alicyclic amines) is 1. The van der Waals surface area contributed by atoms with Crippen LogP contribution in [0.5, 0.6) is 0 Å². The Kier molecular flexibility index (Phi) is 3.37. The monoisotopic (exact) mass is 213 g/mol. The van der Waals surface area contributed by atoms with Gasteiger partial charge in [-0.25, -0.2) is 0 Å². The molecule has 1 atom stereocenters. The lowest BCUT2D eigenvalue weighted by molar-refractivity contribution is -0.151. The van der Waals surface area contributed by atoms with Gasteiger partial charge in [-0.15, -0.1) is 0 Å². The highest BCUT2D eigenvalue weighted by molar-refractivity contribution is 5.80. The third-order valence-corrected chi connectivity index (χ3v) is 3.49. The van der Waals surface area contributed by atoms with Crippen LogP contribution in [-0.4, -0.2) is 35.0 Å². The Labute approximate surface area is 90.3 Å². The maximum Gasteiger partial charge on any atom is 0.311 e. The SMILES string of the molecule is CCC(=O)N1CCC(C(=O)O)(C(C)C)C1. The van der Waals surface area contributed by atoms with E-state index in [4.69, 9.17) is 0 Å². The lowest BCUT2D eigenvalue weighted by Gasteiger charge is -2.28. The van der Waals surface area contributed by atoms with Gasteiger partial charge in [-0.3, -0.25) is 9.59 Å². The largest absolute Gasteiger partial charge is 0.481 e. The molecule has 1 heterocycles. The number of aliphatic carboxylic acids is 1. The van der Waals surface area contributed by atoms with Crippen molar-refractivity contribution in [2.45, 2.75) is 33.6 Å². The molecule has 1 unspecified atom stereocenters. The van der Waals surface area contributed by atoms with E-state index in [1.807, 2.05) is 13.8 Å². The number of amides is 1. The maximum absolute atomic E-state index is 11.5. The van der Waals surface area contributed by atoms with Crippen LogP contribution >= 0.6 is 0 Å². The zero-order valence-corrected chi connectivity index (χ0v) is 9.62. The number of hydrogen-bond donors (Lipinski definition) is 1. The van der Waals surface area contributed by atoms with Crippen molar-refractivity contribution in [2.75, 3.05) is 13.1 Å². The number of carbonyl (C=O) groups is 2. The molecule has 1 aliphatic heterocycles. The molecule has 0 saturated carbocycles. The van der Waals surface area contributed by atoms with E-state index in [-0.39, 0.29) is 11.8 Å². The van der Waals surface area contributed by atoms with Gasteiger partial charge in [0.2, 0.25) is 5.91 Å². The molecule has 0 aliphatic carbocycles. The molecule has 0 aromatic rings. The lowest BCUT2D eigenvalue weighted by atomic mass is 9.76. The first kappa shape index (κ1) is 12.0. The van der Waals surface area contributed by atoms with Crippen molar-refractivity contribution < 1.29 is 14.7 Å². The van der Waals surface area contributed by atoms with Crippen LogP contribution in [-0.2, 0) is 9.59 Å². The van der Waals surface area contributed by atoms with Crippen molar-refractivity contribution in [3.63, 3.8) is 0 Å². The predicted octanol–water partition coefficient (Wildman–Crippen LogP) is 1.36. The second-order valence-electron chi connectivity index (χ2n) is 4.53. The Morgan fingerprint density at radius 3 is 2.40 bits per heavy atom. The maximum atomic E-state index is 11.5. The van der Waals surface area contributed by atoms with Gasteiger partial charge in [0.05, 0.1) is 5.41 Å². The Balaban J connectivity index is 2.81. The number of carbonyl (C=O) groups excluding carboxylic acids is 1. The van der Waals surface area contributed by atoms with Gasteiger partial charge in [0.25, 0.3) is 0 Å². The second-order valence-corrected chi connectivity index (χ2v) is 4.53. The molecule has 86 valence electrons. The van der Waals surface area contributed by atoms with Gasteiger partial charge in [0, 0.05) is 19.5 Å². The van der Waals surface area contributed by atoms with Gasteiger partial charge >= 0.3 is 5.97 Å². The molecular weight excluding hydrogens is 194 g/mol. The van der Waals surface area contributed by atoms with E-state index in [1.165, 1.54) is 0 Å². The van der Waals surface area contributed by atoms with E-state index >= 15 is 0 Å². The minimum atomic E-state index is -0.774. The molecule has 1 N–H and O–H groups in total. The number of rotatable bonds is 3. The highest BCUT2D eigenvalue weighted by Crippen LogP contribution is 2.38. The number of hydrogen-bond acceptors (Lipinski definition) is 2. The molecule has 1 aliphatic rings. The molecule has 0 aromatic heterocycles. The molecule has 4 heteroatoms. The third-order valence-electron chi connectivity index (χ3n) is 3.49. The van der Waals surface area contributed by atoms with Crippen molar-refractivity contribution in [1.29, 1.82) is 0 Å². The van der Waals surface area contributed by atoms with Gasteiger partial charge in [-0.05, 0) is 12.3 Å². The standard InChI is InChI=1S/C11H19NO3/c1-4-9(13)12-6-5-11(7-12,8(2)3)10(14)15/h8H,4-7H2,1-3H3,(H,14,15). The first-order valence-electron chi connectivity index (χ1n) is 5.45. The molecule has 0 radical (unpaired) electrons. The summed E-state index contributed by atoms with van der Waals surface area (Å²) < 4.78 is 0. The number of carboxylic acid groups (broad SMARTS) is 1. The highest BCUT2D eigenvalue weighted by Gasteiger charge is 2.48. The molecule has 15 heavy (non-hydrogen) atoms. The van der Waals surface area contributed by atoms with Gasteiger partial charge in [-0.1, -0.05) is 20.8 Å². The van der Waals surface area contributed by atoms with E-state index in [9.17, 15) is 14.7 Å². The summed E-state index contributed by atoms with van der Waals surface area (Å²) >= 11 is 0. The van der Waals surface area contributed by atoms with Gasteiger partial charge in [-0.2, -0.15) is 0 Å². The summed E-state index contributed by atoms with van der Waals surface area (Å²) in [6.07, 6.45) is 1.03. The van der Waals surface area contributed by atoms with E-state index < -0.39 is 11.4 Å². The molecule has 4 nitrogen and oxygen atoms in total. The quantitative estimate of drug-likeness (QED) is 0.770. The Hall–Kier alpha value is -1.06. The fourth-order valence-electron chi connectivity index (χ4n) is 2.16. The van der Waals surface area contributed by atoms with Crippen LogP contribution in [0.2, 0.25) is 0 Å². The fraction of sp³-hybridized carbons (Fsp3) is 0.818. The first-order valence-corrected chi connectivity index (χ1v) is 5.45. The molecular formula is C11H19NO3. The lowest BCUT2D eigenvalue weighted by Crippen LogP contribution is -2.40. The van der Waals surface area contributed by atoms with Gasteiger partial charge < -0.3 is 10.0 Å². The number of nitrogens with zero attached hydrogens (tertiary/aromatic N) is 1. The molecule has 1 saturated heterocycles. The van der Waals surface area contributed by atoms with Crippen molar-refractivity contribution in [3.05, 3.63) is 0 Å². The van der Waals surface area contributed by atoms with E-state index in [2.05, 4.69) is 0 Å². The average Bonchev–Trinajstić information content (AvgIpc) is 2.62. The van der Waals surface area contributed by atoms with Crippen LogP contribution in [0.15, 0.2) is 0 Å². The zero-order valence-electron chi connectivity index (χ0n) is 9.62. The average molecular weight is 213 g/mol. The molecule has 1 fully saturated rings. The van der Waals surface area contributed by atoms with Crippen LogP contribution in [0.4, 0.5) is 0 Å². The molecule has 1 amide bonds. The molecule has 0 bridgehead atoms. The first-order chi connectivity index (χ1) is 6.94. The minimum absolute atomic E-state index is 0.0544. The second kappa shape index (κ2) is 4.21. The van der Waals surface area contributed by atoms with E-state index in [0.29, 0.717) is 25.9 Å². The minimum Gasteiger partial charge on any atom is -0.481 e. The third kappa shape index (κ3) is 1.98. The van der Waals surface area contributed by atoms with E-state index in [0.717, 1.165) is 0 Å². The normalized spacial score (nSPS) is 26.0. The van der Waals surface area contributed by atoms with Gasteiger partial charge in [0.1, 0.15) is 0 Å². The van der Waals surface area contributed by atoms with Gasteiger partial charge in [0.15, 0.2) is 0 Å². The van der Waals surface area contributed by atoms with E-state index in [1.54, 1.807) is 11.8 Å². The topological polar surface area (TPSA) is 57.6 Å². The molecule has 0 spiro atoms. The van der Waals surface area contributed by atoms with Crippen molar-refractivity contribution in [3.8, 4) is 0 Å². The van der Waals surface area contributed by atoms with Crippen LogP contribution in [0.25, 0.3) is 0 Å². The smallest absolute Gasteiger partial charge is 0.311 e. The Bertz CT molecular complexity index is 275. The number of carboxylic acids is 1. The summed E-state index contributed by atoms with van der Waals surface area (Å²) in [6.45, 7) is 6.57. The summed E-state index contributed by atoms with van der Waals surface area (Å²) in [6, 6.07) is 0. The summed E-state index contributed by atoms with van der Waals surface area (Å²) in [5, 5.41) is 9.27. The molecule has 1 rings (SSSR count). The van der Waals surface area contributed by atoms with Crippen LogP contribution in [0, 0.1) is 11.3 Å². The predicted molar refractivity (Wildman–Crippen MR) is 56.4 cm³/mol. The zero-order chi connectivity index (χ0) is 11.6. The Morgan fingerprint density at radius 1 is 1.47 bits per heavy atom. The molecule has 0 aromatic carbocycles. The van der Waals surface area contributed by atoms with Crippen molar-refractivity contribution >= 4 is 11.9 Å². The fourth-order valence-corrected chi connectivity index (χ4v) is 2.16. The van der Waals surface area contributed by atoms with Crippen LogP contribution in [0.1, 0.15) is 33.6 Å². The van der Waals surface area contributed by atoms with Crippen LogP contribution < -0.4 is 0 Å². The summed E-state index contributed by atoms with van der Waals surface area (Å²) in [7, 11) is 0. The Morgan fingerprint density at radius 2 is 2.07 bits per heavy atom. The summed E-state index contributed by atoms with van der Waals surface area (Å²) in [4.78, 5) is 24.4.